The van der Waals surface area contributed by atoms with Crippen LogP contribution in [0.1, 0.15) is 26.2 Å². The molecule has 1 aliphatic carbocycles. The number of fused-ring (bicyclic) bond motifs is 1. The van der Waals surface area contributed by atoms with E-state index in [0.717, 1.165) is 19.3 Å². The Labute approximate surface area is 120 Å². The van der Waals surface area contributed by atoms with Crippen LogP contribution in [0.3, 0.4) is 0 Å². The number of aliphatic carboxylic acids is 1. The van der Waals surface area contributed by atoms with Gasteiger partial charge in [-0.15, -0.1) is 0 Å². The van der Waals surface area contributed by atoms with Crippen molar-refractivity contribution in [1.29, 1.82) is 0 Å². The Morgan fingerprint density at radius 1 is 1.40 bits per heavy atom. The first-order valence-corrected chi connectivity index (χ1v) is 7.35. The molecule has 1 aliphatic heterocycles. The second-order valence-corrected chi connectivity index (χ2v) is 6.29. The van der Waals surface area contributed by atoms with E-state index in [4.69, 9.17) is 0 Å². The van der Waals surface area contributed by atoms with Gasteiger partial charge >= 0.3 is 12.0 Å². The SMILES string of the molecule is CC(CNC(=O)N1CC2CCCC2C1C(=O)O)N(C)C. The maximum Gasteiger partial charge on any atom is 0.326 e. The molecular formula is C14H25N3O3. The van der Waals surface area contributed by atoms with Gasteiger partial charge in [0, 0.05) is 19.1 Å². The van der Waals surface area contributed by atoms with E-state index >= 15 is 0 Å². The number of likely N-dealkylation sites (N-methyl/N-ethyl adjacent to an activating group) is 1. The number of carbonyl (C=O) groups excluding carboxylic acids is 1. The van der Waals surface area contributed by atoms with E-state index in [0.29, 0.717) is 19.0 Å². The van der Waals surface area contributed by atoms with Gasteiger partial charge < -0.3 is 20.2 Å². The second-order valence-electron chi connectivity index (χ2n) is 6.29. The fourth-order valence-electron chi connectivity index (χ4n) is 3.35. The summed E-state index contributed by atoms with van der Waals surface area (Å²) >= 11 is 0. The highest BCUT2D eigenvalue weighted by atomic mass is 16.4. The summed E-state index contributed by atoms with van der Waals surface area (Å²) in [5.74, 6) is -0.354. The average molecular weight is 283 g/mol. The Balaban J connectivity index is 1.96. The third-order valence-corrected chi connectivity index (χ3v) is 4.83. The van der Waals surface area contributed by atoms with E-state index in [9.17, 15) is 14.7 Å². The number of hydrogen-bond acceptors (Lipinski definition) is 3. The topological polar surface area (TPSA) is 72.9 Å². The van der Waals surface area contributed by atoms with Gasteiger partial charge in [-0.05, 0) is 45.7 Å². The number of nitrogens with zero attached hydrogens (tertiary/aromatic N) is 2. The van der Waals surface area contributed by atoms with Gasteiger partial charge in [-0.1, -0.05) is 6.42 Å². The first-order valence-electron chi connectivity index (χ1n) is 7.35. The maximum atomic E-state index is 12.3. The number of carboxylic acids is 1. The van der Waals surface area contributed by atoms with Crippen LogP contribution in [0.25, 0.3) is 0 Å². The van der Waals surface area contributed by atoms with Gasteiger partial charge in [0.25, 0.3) is 0 Å². The van der Waals surface area contributed by atoms with Crippen LogP contribution in [-0.4, -0.2) is 66.2 Å². The molecule has 2 rings (SSSR count). The zero-order valence-electron chi connectivity index (χ0n) is 12.5. The second kappa shape index (κ2) is 5.99. The Bertz CT molecular complexity index is 386. The number of amides is 2. The largest absolute Gasteiger partial charge is 0.480 e. The van der Waals surface area contributed by atoms with Crippen LogP contribution in [0.2, 0.25) is 0 Å². The smallest absolute Gasteiger partial charge is 0.326 e. The summed E-state index contributed by atoms with van der Waals surface area (Å²) in [7, 11) is 3.91. The van der Waals surface area contributed by atoms with Crippen LogP contribution < -0.4 is 5.32 Å². The number of carbonyl (C=O) groups is 2. The van der Waals surface area contributed by atoms with Crippen molar-refractivity contribution in [2.45, 2.75) is 38.3 Å². The molecule has 1 saturated heterocycles. The minimum absolute atomic E-state index is 0.143. The highest BCUT2D eigenvalue weighted by Crippen LogP contribution is 2.42. The maximum absolute atomic E-state index is 12.3. The first-order chi connectivity index (χ1) is 9.41. The summed E-state index contributed by atoms with van der Waals surface area (Å²) < 4.78 is 0. The zero-order chi connectivity index (χ0) is 14.9. The van der Waals surface area contributed by atoms with Gasteiger partial charge in [0.1, 0.15) is 6.04 Å². The Kier molecular flexibility index (Phi) is 4.52. The molecule has 0 spiro atoms. The lowest BCUT2D eigenvalue weighted by Crippen LogP contribution is -2.50. The summed E-state index contributed by atoms with van der Waals surface area (Å²) in [5, 5.41) is 12.3. The molecule has 4 unspecified atom stereocenters. The first kappa shape index (κ1) is 15.1. The van der Waals surface area contributed by atoms with E-state index in [1.807, 2.05) is 25.9 Å². The molecule has 2 aliphatic rings. The summed E-state index contributed by atoms with van der Waals surface area (Å²) in [6.45, 7) is 3.14. The molecule has 20 heavy (non-hydrogen) atoms. The number of urea groups is 1. The molecule has 0 aromatic rings. The molecule has 0 radical (unpaired) electrons. The van der Waals surface area contributed by atoms with Gasteiger partial charge in [-0.25, -0.2) is 9.59 Å². The van der Waals surface area contributed by atoms with Crippen LogP contribution in [0.5, 0.6) is 0 Å². The molecule has 0 aromatic carbocycles. The zero-order valence-corrected chi connectivity index (χ0v) is 12.5. The molecule has 2 fully saturated rings. The highest BCUT2D eigenvalue weighted by Gasteiger charge is 2.49. The van der Waals surface area contributed by atoms with E-state index in [-0.39, 0.29) is 18.0 Å². The van der Waals surface area contributed by atoms with Crippen LogP contribution >= 0.6 is 0 Å². The molecule has 2 amide bonds. The van der Waals surface area contributed by atoms with Crippen molar-refractivity contribution < 1.29 is 14.7 Å². The molecule has 4 atom stereocenters. The van der Waals surface area contributed by atoms with Crippen molar-refractivity contribution in [2.24, 2.45) is 11.8 Å². The lowest BCUT2D eigenvalue weighted by atomic mass is 9.94. The summed E-state index contributed by atoms with van der Waals surface area (Å²) in [5.41, 5.74) is 0. The molecule has 0 aromatic heterocycles. The number of nitrogens with one attached hydrogen (secondary N) is 1. The van der Waals surface area contributed by atoms with Crippen molar-refractivity contribution in [2.75, 3.05) is 27.2 Å². The van der Waals surface area contributed by atoms with Crippen molar-refractivity contribution in [1.82, 2.24) is 15.1 Å². The van der Waals surface area contributed by atoms with E-state index in [1.54, 1.807) is 0 Å². The molecule has 6 nitrogen and oxygen atoms in total. The van der Waals surface area contributed by atoms with Crippen LogP contribution in [0.15, 0.2) is 0 Å². The summed E-state index contributed by atoms with van der Waals surface area (Å²) in [4.78, 5) is 27.3. The van der Waals surface area contributed by atoms with E-state index < -0.39 is 12.0 Å². The molecule has 1 heterocycles. The standard InChI is InChI=1S/C14H25N3O3/c1-9(16(2)3)7-15-14(20)17-8-10-5-4-6-11(10)12(17)13(18)19/h9-12H,4-8H2,1-3H3,(H,15,20)(H,18,19). The number of hydrogen-bond donors (Lipinski definition) is 2. The van der Waals surface area contributed by atoms with Gasteiger partial charge in [-0.3, -0.25) is 0 Å². The van der Waals surface area contributed by atoms with Crippen molar-refractivity contribution >= 4 is 12.0 Å². The minimum atomic E-state index is -0.866. The minimum Gasteiger partial charge on any atom is -0.480 e. The fraction of sp³-hybridized carbons (Fsp3) is 0.857. The van der Waals surface area contributed by atoms with Crippen LogP contribution in [0.4, 0.5) is 4.79 Å². The molecule has 0 bridgehead atoms. The fourth-order valence-corrected chi connectivity index (χ4v) is 3.35. The third kappa shape index (κ3) is 2.90. The lowest BCUT2D eigenvalue weighted by Gasteiger charge is -2.26. The number of likely N-dealkylation sites (tertiary alicyclic amines) is 1. The molecule has 6 heteroatoms. The normalized spacial score (nSPS) is 30.4. The van der Waals surface area contributed by atoms with Gasteiger partial charge in [0.15, 0.2) is 0 Å². The quantitative estimate of drug-likeness (QED) is 0.801. The monoisotopic (exact) mass is 283 g/mol. The summed E-state index contributed by atoms with van der Waals surface area (Å²) in [6.07, 6.45) is 3.07. The Morgan fingerprint density at radius 2 is 2.10 bits per heavy atom. The van der Waals surface area contributed by atoms with Gasteiger partial charge in [0.2, 0.25) is 0 Å². The number of rotatable bonds is 4. The lowest BCUT2D eigenvalue weighted by molar-refractivity contribution is -0.142. The van der Waals surface area contributed by atoms with Crippen molar-refractivity contribution in [3.05, 3.63) is 0 Å². The third-order valence-electron chi connectivity index (χ3n) is 4.83. The molecule has 114 valence electrons. The Morgan fingerprint density at radius 3 is 2.70 bits per heavy atom. The molecular weight excluding hydrogens is 258 g/mol. The van der Waals surface area contributed by atoms with Crippen molar-refractivity contribution in [3.63, 3.8) is 0 Å². The van der Waals surface area contributed by atoms with Crippen molar-refractivity contribution in [3.8, 4) is 0 Å². The van der Waals surface area contributed by atoms with E-state index in [2.05, 4.69) is 5.32 Å². The predicted octanol–water partition coefficient (Wildman–Crippen LogP) is 0.831. The van der Waals surface area contributed by atoms with E-state index in [1.165, 1.54) is 4.90 Å². The molecule has 1 saturated carbocycles. The van der Waals surface area contributed by atoms with Gasteiger partial charge in [0.05, 0.1) is 0 Å². The summed E-state index contributed by atoms with van der Waals surface area (Å²) in [6, 6.07) is -0.651. The highest BCUT2D eigenvalue weighted by molar-refractivity contribution is 5.83. The van der Waals surface area contributed by atoms with Crippen LogP contribution in [-0.2, 0) is 4.79 Å². The average Bonchev–Trinajstić information content (AvgIpc) is 2.94. The Hall–Kier alpha value is -1.30. The van der Waals surface area contributed by atoms with Gasteiger partial charge in [-0.2, -0.15) is 0 Å². The predicted molar refractivity (Wildman–Crippen MR) is 75.5 cm³/mol. The molecule has 2 N–H and O–H groups in total. The number of carboxylic acid groups (broad SMARTS) is 1. The van der Waals surface area contributed by atoms with Crippen LogP contribution in [0, 0.1) is 11.8 Å².